The topological polar surface area (TPSA) is 39.1 Å². The lowest BCUT2D eigenvalue weighted by atomic mass is 9.76. The number of thiophene rings is 1. The van der Waals surface area contributed by atoms with Gasteiger partial charge in [-0.2, -0.15) is 0 Å². The molecule has 1 aliphatic carbocycles. The van der Waals surface area contributed by atoms with Gasteiger partial charge in [-0.3, -0.25) is 14.2 Å². The molecule has 0 radical (unpaired) electrons. The van der Waals surface area contributed by atoms with Crippen LogP contribution < -0.4 is 0 Å². The van der Waals surface area contributed by atoms with Crippen molar-refractivity contribution in [1.29, 1.82) is 0 Å². The van der Waals surface area contributed by atoms with Crippen molar-refractivity contribution in [3.8, 4) is 5.00 Å². The summed E-state index contributed by atoms with van der Waals surface area (Å²) in [4.78, 5) is 26.7. The van der Waals surface area contributed by atoms with Crippen LogP contribution in [0.25, 0.3) is 32.9 Å². The van der Waals surface area contributed by atoms with Crippen molar-refractivity contribution in [2.45, 2.75) is 19.3 Å². The summed E-state index contributed by atoms with van der Waals surface area (Å²) < 4.78 is 17.2. The summed E-state index contributed by atoms with van der Waals surface area (Å²) in [6.07, 6.45) is 1.70. The van der Waals surface area contributed by atoms with Crippen molar-refractivity contribution >= 4 is 50.8 Å². The third-order valence-corrected chi connectivity index (χ3v) is 8.30. The number of benzene rings is 3. The zero-order valence-corrected chi connectivity index (χ0v) is 19.3. The molecule has 7 rings (SSSR count). The van der Waals surface area contributed by atoms with E-state index in [-0.39, 0.29) is 28.4 Å². The molecule has 34 heavy (non-hydrogen) atoms. The van der Waals surface area contributed by atoms with Crippen molar-refractivity contribution in [2.24, 2.45) is 0 Å². The molecule has 0 amide bonds. The molecule has 0 saturated carbocycles. The molecule has 0 unspecified atom stereocenters. The lowest BCUT2D eigenvalue weighted by Gasteiger charge is -2.32. The van der Waals surface area contributed by atoms with Crippen LogP contribution in [0, 0.1) is 5.82 Å². The number of hydrogen-bond donors (Lipinski definition) is 0. The minimum absolute atomic E-state index is 0.184. The number of fused-ring (bicyclic) bond motifs is 6. The molecule has 2 aromatic heterocycles. The van der Waals surface area contributed by atoms with Crippen LogP contribution in [0.4, 0.5) is 4.39 Å². The monoisotopic (exact) mass is 463 g/mol. The summed E-state index contributed by atoms with van der Waals surface area (Å²) in [6, 6.07) is 20.4. The van der Waals surface area contributed by atoms with Gasteiger partial charge in [0.1, 0.15) is 10.8 Å². The number of para-hydroxylation sites is 2. The van der Waals surface area contributed by atoms with Crippen LogP contribution in [0.15, 0.2) is 72.3 Å². The minimum atomic E-state index is -0.324. The number of nitrogens with zero attached hydrogens (tertiary/aromatic N) is 1. The van der Waals surface area contributed by atoms with Crippen LogP contribution >= 0.6 is 11.3 Å². The summed E-state index contributed by atoms with van der Waals surface area (Å²) in [6.45, 7) is 4.34. The van der Waals surface area contributed by atoms with Gasteiger partial charge in [0.15, 0.2) is 11.6 Å². The number of hydrogen-bond acceptors (Lipinski definition) is 3. The number of Topliss-reactive ketones (excluding diaryl/α,β-unsaturated/α-hetero) is 2. The van der Waals surface area contributed by atoms with Gasteiger partial charge in [-0.05, 0) is 29.3 Å². The zero-order chi connectivity index (χ0) is 23.4. The normalized spacial score (nSPS) is 15.8. The number of allylic oxidation sites excluding steroid dienone is 1. The molecule has 164 valence electrons. The number of aromatic nitrogens is 1. The van der Waals surface area contributed by atoms with Crippen molar-refractivity contribution in [3.63, 3.8) is 0 Å². The molecule has 3 nitrogen and oxygen atoms in total. The lowest BCUT2D eigenvalue weighted by molar-refractivity contribution is 0.0990. The Morgan fingerprint density at radius 2 is 1.47 bits per heavy atom. The number of carbonyl (C=O) groups excluding carboxylic acids is 2. The number of halogens is 1. The molecule has 0 atom stereocenters. The predicted octanol–water partition coefficient (Wildman–Crippen LogP) is 7.09. The van der Waals surface area contributed by atoms with Gasteiger partial charge in [0.05, 0.1) is 16.6 Å². The molecule has 1 aliphatic heterocycles. The van der Waals surface area contributed by atoms with Gasteiger partial charge in [-0.25, -0.2) is 4.39 Å². The predicted molar refractivity (Wildman–Crippen MR) is 134 cm³/mol. The first kappa shape index (κ1) is 19.6. The molecule has 3 heterocycles. The van der Waals surface area contributed by atoms with E-state index in [9.17, 15) is 9.59 Å². The summed E-state index contributed by atoms with van der Waals surface area (Å²) in [5.41, 5.74) is 4.52. The Bertz CT molecular complexity index is 1750. The van der Waals surface area contributed by atoms with Gasteiger partial charge in [-0.15, -0.1) is 11.3 Å². The van der Waals surface area contributed by atoms with E-state index in [2.05, 4.69) is 19.9 Å². The number of rotatable bonds is 1. The highest BCUT2D eigenvalue weighted by molar-refractivity contribution is 7.15. The second-order valence-electron chi connectivity index (χ2n) is 9.43. The summed E-state index contributed by atoms with van der Waals surface area (Å²) >= 11 is 1.49. The van der Waals surface area contributed by atoms with Crippen LogP contribution in [0.3, 0.4) is 0 Å². The standard InChI is InChI=1S/C29H18FNO2S/c1-29(2)21-11-5-9-16-17-10-6-12-23(30)25(17)31(24(16)21)28-22(29)14-15(34-28)13-20-26(32)18-7-3-4-8-19(18)27(20)33/h3-14H,1-2H3. The van der Waals surface area contributed by atoms with Gasteiger partial charge in [0, 0.05) is 32.2 Å². The Morgan fingerprint density at radius 3 is 2.18 bits per heavy atom. The third-order valence-electron chi connectivity index (χ3n) is 7.23. The van der Waals surface area contributed by atoms with Gasteiger partial charge < -0.3 is 0 Å². The Hall–Kier alpha value is -3.83. The van der Waals surface area contributed by atoms with E-state index >= 15 is 4.39 Å². The molecular formula is C29H18FNO2S. The van der Waals surface area contributed by atoms with Gasteiger partial charge in [0.2, 0.25) is 0 Å². The number of ketones is 2. The van der Waals surface area contributed by atoms with Crippen molar-refractivity contribution in [3.05, 3.63) is 105 Å². The highest BCUT2D eigenvalue weighted by atomic mass is 32.1. The van der Waals surface area contributed by atoms with E-state index in [4.69, 9.17) is 0 Å². The van der Waals surface area contributed by atoms with Crippen LogP contribution in [-0.4, -0.2) is 16.1 Å². The Morgan fingerprint density at radius 1 is 0.824 bits per heavy atom. The Kier molecular flexibility index (Phi) is 3.69. The van der Waals surface area contributed by atoms with Gasteiger partial charge in [0.25, 0.3) is 0 Å². The first-order valence-electron chi connectivity index (χ1n) is 11.1. The summed E-state index contributed by atoms with van der Waals surface area (Å²) in [5, 5.41) is 2.83. The maximum absolute atomic E-state index is 15.2. The fourth-order valence-electron chi connectivity index (χ4n) is 5.56. The van der Waals surface area contributed by atoms with Crippen molar-refractivity contribution in [1.82, 2.24) is 4.57 Å². The van der Waals surface area contributed by atoms with Gasteiger partial charge >= 0.3 is 0 Å². The fraction of sp³-hybridized carbons (Fsp3) is 0.103. The molecule has 5 aromatic rings. The lowest BCUT2D eigenvalue weighted by Crippen LogP contribution is -2.24. The minimum Gasteiger partial charge on any atom is -0.297 e. The Balaban J connectivity index is 1.51. The molecule has 0 spiro atoms. The van der Waals surface area contributed by atoms with E-state index in [1.807, 2.05) is 28.8 Å². The maximum Gasteiger partial charge on any atom is 0.197 e. The molecule has 5 heteroatoms. The van der Waals surface area contributed by atoms with Crippen LogP contribution in [-0.2, 0) is 5.41 Å². The molecule has 0 bridgehead atoms. The highest BCUT2D eigenvalue weighted by Gasteiger charge is 2.38. The largest absolute Gasteiger partial charge is 0.297 e. The fourth-order valence-corrected chi connectivity index (χ4v) is 6.83. The summed E-state index contributed by atoms with van der Waals surface area (Å²) in [5.74, 6) is -0.751. The SMILES string of the molecule is CC1(C)c2cc(C=C3C(=O)c4ccccc4C3=O)sc2-n2c3c(F)cccc3c3cccc1c32. The first-order chi connectivity index (χ1) is 16.4. The Labute approximate surface area is 198 Å². The molecular weight excluding hydrogens is 445 g/mol. The molecule has 0 fully saturated rings. The first-order valence-corrected chi connectivity index (χ1v) is 12.0. The zero-order valence-electron chi connectivity index (χ0n) is 18.5. The van der Waals surface area contributed by atoms with E-state index in [1.165, 1.54) is 17.4 Å². The molecule has 2 aliphatic rings. The third kappa shape index (κ3) is 2.30. The molecule has 0 saturated heterocycles. The van der Waals surface area contributed by atoms with Gasteiger partial charge in [-0.1, -0.05) is 68.4 Å². The second-order valence-corrected chi connectivity index (χ2v) is 10.5. The van der Waals surface area contributed by atoms with E-state index in [1.54, 1.807) is 36.4 Å². The van der Waals surface area contributed by atoms with E-state index in [0.29, 0.717) is 16.6 Å². The quantitative estimate of drug-likeness (QED) is 0.197. The smallest absolute Gasteiger partial charge is 0.197 e. The van der Waals surface area contributed by atoms with E-state index in [0.717, 1.165) is 37.3 Å². The van der Waals surface area contributed by atoms with Crippen LogP contribution in [0.2, 0.25) is 0 Å². The van der Waals surface area contributed by atoms with Crippen molar-refractivity contribution < 1.29 is 14.0 Å². The van der Waals surface area contributed by atoms with E-state index < -0.39 is 0 Å². The molecule has 0 N–H and O–H groups in total. The average molecular weight is 464 g/mol. The maximum atomic E-state index is 15.2. The van der Waals surface area contributed by atoms with Crippen LogP contribution in [0.5, 0.6) is 0 Å². The average Bonchev–Trinajstić information content (AvgIpc) is 3.48. The second kappa shape index (κ2) is 6.39. The highest BCUT2D eigenvalue weighted by Crippen LogP contribution is 2.50. The van der Waals surface area contributed by atoms with Crippen LogP contribution in [0.1, 0.15) is 50.6 Å². The number of carbonyl (C=O) groups is 2. The molecule has 3 aromatic carbocycles. The summed E-state index contributed by atoms with van der Waals surface area (Å²) in [7, 11) is 0. The van der Waals surface area contributed by atoms with Crippen molar-refractivity contribution in [2.75, 3.05) is 0 Å².